The summed E-state index contributed by atoms with van der Waals surface area (Å²) in [6, 6.07) is 10.5. The first-order chi connectivity index (χ1) is 13.3. The third kappa shape index (κ3) is 6.45. The summed E-state index contributed by atoms with van der Waals surface area (Å²) in [5.41, 5.74) is 1.36. The fourth-order valence-electron chi connectivity index (χ4n) is 2.67. The molecule has 0 aliphatic heterocycles. The molecule has 2 aromatic rings. The SMILES string of the molecule is CC(=O)N[C@@H](Cc1ccc(F)cc1)C(=O)N[C@@H](Cc1ccccc1Br)C(=O)O. The van der Waals surface area contributed by atoms with Crippen molar-refractivity contribution in [2.75, 3.05) is 0 Å². The molecule has 2 amide bonds. The van der Waals surface area contributed by atoms with Crippen molar-refractivity contribution in [3.63, 3.8) is 0 Å². The van der Waals surface area contributed by atoms with Crippen LogP contribution in [0.15, 0.2) is 53.0 Å². The molecule has 148 valence electrons. The van der Waals surface area contributed by atoms with E-state index in [2.05, 4.69) is 26.6 Å². The molecule has 2 aromatic carbocycles. The van der Waals surface area contributed by atoms with E-state index in [-0.39, 0.29) is 12.8 Å². The number of hydrogen-bond donors (Lipinski definition) is 3. The highest BCUT2D eigenvalue weighted by atomic mass is 79.9. The van der Waals surface area contributed by atoms with Crippen molar-refractivity contribution in [3.8, 4) is 0 Å². The second-order valence-electron chi connectivity index (χ2n) is 6.28. The Kier molecular flexibility index (Phi) is 7.69. The van der Waals surface area contributed by atoms with Crippen molar-refractivity contribution in [2.24, 2.45) is 0 Å². The van der Waals surface area contributed by atoms with E-state index in [4.69, 9.17) is 0 Å². The third-order valence-electron chi connectivity index (χ3n) is 4.04. The van der Waals surface area contributed by atoms with Gasteiger partial charge in [-0.3, -0.25) is 9.59 Å². The molecule has 3 N–H and O–H groups in total. The number of carbonyl (C=O) groups is 3. The lowest BCUT2D eigenvalue weighted by Crippen LogP contribution is -2.52. The van der Waals surface area contributed by atoms with Gasteiger partial charge in [-0.15, -0.1) is 0 Å². The van der Waals surface area contributed by atoms with Crippen LogP contribution in [0.4, 0.5) is 4.39 Å². The van der Waals surface area contributed by atoms with Crippen LogP contribution < -0.4 is 10.6 Å². The lowest BCUT2D eigenvalue weighted by Gasteiger charge is -2.21. The van der Waals surface area contributed by atoms with E-state index in [1.54, 1.807) is 24.3 Å². The maximum absolute atomic E-state index is 13.1. The number of aliphatic carboxylic acids is 1. The smallest absolute Gasteiger partial charge is 0.326 e. The third-order valence-corrected chi connectivity index (χ3v) is 4.82. The Hall–Kier alpha value is -2.74. The number of hydrogen-bond acceptors (Lipinski definition) is 3. The molecule has 0 unspecified atom stereocenters. The summed E-state index contributed by atoms with van der Waals surface area (Å²) in [6.45, 7) is 1.26. The second-order valence-corrected chi connectivity index (χ2v) is 7.13. The lowest BCUT2D eigenvalue weighted by molar-refractivity contribution is -0.142. The van der Waals surface area contributed by atoms with Crippen LogP contribution in [0.3, 0.4) is 0 Å². The first-order valence-electron chi connectivity index (χ1n) is 8.54. The van der Waals surface area contributed by atoms with E-state index in [0.717, 1.165) is 10.0 Å². The topological polar surface area (TPSA) is 95.5 Å². The standard InChI is InChI=1S/C20H20BrFN2O4/c1-12(25)23-17(10-13-6-8-15(22)9-7-13)19(26)24-18(20(27)28)11-14-4-2-3-5-16(14)21/h2-9,17-18H,10-11H2,1H3,(H,23,25)(H,24,26)(H,27,28)/t17-,18-/m0/s1. The highest BCUT2D eigenvalue weighted by Crippen LogP contribution is 2.18. The van der Waals surface area contributed by atoms with Gasteiger partial charge in [0.2, 0.25) is 11.8 Å². The summed E-state index contributed by atoms with van der Waals surface area (Å²) in [5, 5.41) is 14.5. The molecule has 0 aromatic heterocycles. The molecular formula is C20H20BrFN2O4. The minimum atomic E-state index is -1.19. The van der Waals surface area contributed by atoms with Gasteiger partial charge in [-0.25, -0.2) is 9.18 Å². The maximum atomic E-state index is 13.1. The summed E-state index contributed by atoms with van der Waals surface area (Å²) in [6.07, 6.45) is 0.179. The van der Waals surface area contributed by atoms with E-state index in [1.165, 1.54) is 31.2 Å². The Morgan fingerprint density at radius 1 is 1.00 bits per heavy atom. The minimum Gasteiger partial charge on any atom is -0.480 e. The maximum Gasteiger partial charge on any atom is 0.326 e. The number of benzene rings is 2. The van der Waals surface area contributed by atoms with Crippen molar-refractivity contribution in [2.45, 2.75) is 31.8 Å². The highest BCUT2D eigenvalue weighted by Gasteiger charge is 2.26. The van der Waals surface area contributed by atoms with Gasteiger partial charge in [0.05, 0.1) is 0 Å². The predicted molar refractivity (Wildman–Crippen MR) is 105 cm³/mol. The number of rotatable bonds is 8. The van der Waals surface area contributed by atoms with Crippen LogP contribution in [0, 0.1) is 5.82 Å². The Balaban J connectivity index is 2.14. The Labute approximate surface area is 170 Å². The summed E-state index contributed by atoms with van der Waals surface area (Å²) in [7, 11) is 0. The minimum absolute atomic E-state index is 0.0752. The molecule has 0 heterocycles. The van der Waals surface area contributed by atoms with E-state index in [0.29, 0.717) is 5.56 Å². The first kappa shape index (κ1) is 21.6. The normalized spacial score (nSPS) is 12.7. The van der Waals surface area contributed by atoms with Gasteiger partial charge in [0.15, 0.2) is 0 Å². The molecular weight excluding hydrogens is 431 g/mol. The average Bonchev–Trinajstić information content (AvgIpc) is 2.63. The van der Waals surface area contributed by atoms with Crippen LogP contribution in [0.25, 0.3) is 0 Å². The fraction of sp³-hybridized carbons (Fsp3) is 0.250. The first-order valence-corrected chi connectivity index (χ1v) is 9.33. The molecule has 0 spiro atoms. The molecule has 0 aliphatic carbocycles. The molecule has 8 heteroatoms. The van der Waals surface area contributed by atoms with Crippen molar-refractivity contribution in [1.29, 1.82) is 0 Å². The van der Waals surface area contributed by atoms with Gasteiger partial charge >= 0.3 is 5.97 Å². The van der Waals surface area contributed by atoms with Crippen LogP contribution in [0.1, 0.15) is 18.1 Å². The van der Waals surface area contributed by atoms with Crippen LogP contribution in [0.2, 0.25) is 0 Å². The van der Waals surface area contributed by atoms with Gasteiger partial charge in [-0.2, -0.15) is 0 Å². The molecule has 0 saturated carbocycles. The van der Waals surface area contributed by atoms with Crippen molar-refractivity contribution < 1.29 is 23.9 Å². The monoisotopic (exact) mass is 450 g/mol. The zero-order chi connectivity index (χ0) is 20.7. The van der Waals surface area contributed by atoms with Gasteiger partial charge in [-0.1, -0.05) is 46.3 Å². The van der Waals surface area contributed by atoms with E-state index in [9.17, 15) is 23.9 Å². The van der Waals surface area contributed by atoms with Crippen molar-refractivity contribution in [3.05, 3.63) is 69.9 Å². The molecule has 2 rings (SSSR count). The molecule has 6 nitrogen and oxygen atoms in total. The number of carbonyl (C=O) groups excluding carboxylic acids is 2. The van der Waals surface area contributed by atoms with Gasteiger partial charge < -0.3 is 15.7 Å². The molecule has 28 heavy (non-hydrogen) atoms. The zero-order valence-electron chi connectivity index (χ0n) is 15.1. The number of nitrogens with one attached hydrogen (secondary N) is 2. The number of halogens is 2. The number of carboxylic acid groups (broad SMARTS) is 1. The van der Waals surface area contributed by atoms with Crippen LogP contribution in [-0.4, -0.2) is 35.0 Å². The largest absolute Gasteiger partial charge is 0.480 e. The molecule has 2 atom stereocenters. The van der Waals surface area contributed by atoms with Crippen LogP contribution in [0.5, 0.6) is 0 Å². The average molecular weight is 451 g/mol. The Bertz CT molecular complexity index is 858. The van der Waals surface area contributed by atoms with Crippen LogP contribution in [-0.2, 0) is 27.2 Å². The quantitative estimate of drug-likeness (QED) is 0.575. The number of amides is 2. The lowest BCUT2D eigenvalue weighted by atomic mass is 10.0. The molecule has 0 saturated heterocycles. The Morgan fingerprint density at radius 3 is 2.21 bits per heavy atom. The zero-order valence-corrected chi connectivity index (χ0v) is 16.7. The van der Waals surface area contributed by atoms with Crippen molar-refractivity contribution in [1.82, 2.24) is 10.6 Å². The summed E-state index contributed by atoms with van der Waals surface area (Å²) in [4.78, 5) is 35.8. The fourth-order valence-corrected chi connectivity index (χ4v) is 3.11. The van der Waals surface area contributed by atoms with Gasteiger partial charge in [-0.05, 0) is 29.3 Å². The van der Waals surface area contributed by atoms with Crippen molar-refractivity contribution >= 4 is 33.7 Å². The van der Waals surface area contributed by atoms with Gasteiger partial charge in [0.25, 0.3) is 0 Å². The molecule has 0 radical (unpaired) electrons. The second kappa shape index (κ2) is 9.98. The number of carboxylic acids is 1. The van der Waals surface area contributed by atoms with E-state index < -0.39 is 35.7 Å². The molecule has 0 aliphatic rings. The van der Waals surface area contributed by atoms with Crippen LogP contribution >= 0.6 is 15.9 Å². The summed E-state index contributed by atoms with van der Waals surface area (Å²) in [5.74, 6) is -2.66. The summed E-state index contributed by atoms with van der Waals surface area (Å²) < 4.78 is 13.8. The predicted octanol–water partition coefficient (Wildman–Crippen LogP) is 2.45. The summed E-state index contributed by atoms with van der Waals surface area (Å²) >= 11 is 3.36. The van der Waals surface area contributed by atoms with E-state index >= 15 is 0 Å². The Morgan fingerprint density at radius 2 is 1.64 bits per heavy atom. The molecule has 0 bridgehead atoms. The highest BCUT2D eigenvalue weighted by molar-refractivity contribution is 9.10. The van der Waals surface area contributed by atoms with E-state index in [1.807, 2.05) is 0 Å². The van der Waals surface area contributed by atoms with Gasteiger partial charge in [0, 0.05) is 24.2 Å². The molecule has 0 fully saturated rings. The van der Waals surface area contributed by atoms with Gasteiger partial charge in [0.1, 0.15) is 17.9 Å².